The second-order valence-electron chi connectivity index (χ2n) is 5.19. The van der Waals surface area contributed by atoms with Crippen molar-refractivity contribution in [2.75, 3.05) is 5.32 Å². The van der Waals surface area contributed by atoms with Gasteiger partial charge in [0.05, 0.1) is 0 Å². The van der Waals surface area contributed by atoms with Crippen LogP contribution in [0, 0.1) is 20.8 Å². The molecule has 1 unspecified atom stereocenters. The van der Waals surface area contributed by atoms with Gasteiger partial charge in [-0.25, -0.2) is 0 Å². The Hall–Kier alpha value is -2.29. The Labute approximate surface area is 119 Å². The third-order valence-corrected chi connectivity index (χ3v) is 3.48. The number of benzene rings is 2. The third-order valence-electron chi connectivity index (χ3n) is 3.48. The van der Waals surface area contributed by atoms with E-state index in [4.69, 9.17) is 5.73 Å². The SMILES string of the molecule is Cc1cccc(NC(C(N)=O)c2ccc(C)c(C)c2)c1. The molecule has 0 spiro atoms. The highest BCUT2D eigenvalue weighted by atomic mass is 16.1. The number of amides is 1. The van der Waals surface area contributed by atoms with Gasteiger partial charge in [0.15, 0.2) is 0 Å². The molecule has 0 saturated heterocycles. The summed E-state index contributed by atoms with van der Waals surface area (Å²) < 4.78 is 0. The summed E-state index contributed by atoms with van der Waals surface area (Å²) in [7, 11) is 0. The predicted molar refractivity (Wildman–Crippen MR) is 82.7 cm³/mol. The van der Waals surface area contributed by atoms with Crippen molar-refractivity contribution < 1.29 is 4.79 Å². The van der Waals surface area contributed by atoms with Crippen molar-refractivity contribution in [2.45, 2.75) is 26.8 Å². The van der Waals surface area contributed by atoms with E-state index >= 15 is 0 Å². The van der Waals surface area contributed by atoms with Gasteiger partial charge in [0.2, 0.25) is 5.91 Å². The van der Waals surface area contributed by atoms with Crippen LogP contribution >= 0.6 is 0 Å². The first-order chi connectivity index (χ1) is 9.47. The molecule has 1 amide bonds. The average Bonchev–Trinajstić information content (AvgIpc) is 2.39. The second-order valence-corrected chi connectivity index (χ2v) is 5.19. The van der Waals surface area contributed by atoms with Crippen LogP contribution in [-0.4, -0.2) is 5.91 Å². The summed E-state index contributed by atoms with van der Waals surface area (Å²) in [6, 6.07) is 13.3. The molecule has 0 saturated carbocycles. The summed E-state index contributed by atoms with van der Waals surface area (Å²) in [4.78, 5) is 11.7. The van der Waals surface area contributed by atoms with Crippen LogP contribution in [0.3, 0.4) is 0 Å². The van der Waals surface area contributed by atoms with Gasteiger partial charge in [0, 0.05) is 5.69 Å². The fraction of sp³-hybridized carbons (Fsp3) is 0.235. The summed E-state index contributed by atoms with van der Waals surface area (Å²) >= 11 is 0. The number of rotatable bonds is 4. The maximum Gasteiger partial charge on any atom is 0.244 e. The highest BCUT2D eigenvalue weighted by Gasteiger charge is 2.18. The molecule has 104 valence electrons. The van der Waals surface area contributed by atoms with E-state index in [0.717, 1.165) is 22.4 Å². The number of carbonyl (C=O) groups excluding carboxylic acids is 1. The van der Waals surface area contributed by atoms with E-state index < -0.39 is 6.04 Å². The fourth-order valence-electron chi connectivity index (χ4n) is 2.16. The van der Waals surface area contributed by atoms with Gasteiger partial charge in [-0.05, 0) is 55.2 Å². The predicted octanol–water partition coefficient (Wildman–Crippen LogP) is 3.25. The van der Waals surface area contributed by atoms with Gasteiger partial charge in [0.1, 0.15) is 6.04 Å². The van der Waals surface area contributed by atoms with Crippen LogP contribution in [0.5, 0.6) is 0 Å². The Morgan fingerprint density at radius 1 is 1.05 bits per heavy atom. The average molecular weight is 268 g/mol. The van der Waals surface area contributed by atoms with Crippen LogP contribution in [-0.2, 0) is 4.79 Å². The molecule has 3 nitrogen and oxygen atoms in total. The number of hydrogen-bond donors (Lipinski definition) is 2. The van der Waals surface area contributed by atoms with Gasteiger partial charge >= 0.3 is 0 Å². The number of primary amides is 1. The van der Waals surface area contributed by atoms with Crippen molar-refractivity contribution in [1.82, 2.24) is 0 Å². The van der Waals surface area contributed by atoms with E-state index in [1.54, 1.807) is 0 Å². The topological polar surface area (TPSA) is 55.1 Å². The summed E-state index contributed by atoms with van der Waals surface area (Å²) in [5.41, 5.74) is 10.8. The molecular weight excluding hydrogens is 248 g/mol. The lowest BCUT2D eigenvalue weighted by molar-refractivity contribution is -0.118. The summed E-state index contributed by atoms with van der Waals surface area (Å²) in [6.07, 6.45) is 0. The van der Waals surface area contributed by atoms with Crippen LogP contribution < -0.4 is 11.1 Å². The Balaban J connectivity index is 2.32. The number of aryl methyl sites for hydroxylation is 3. The molecule has 2 aromatic carbocycles. The number of carbonyl (C=O) groups is 1. The van der Waals surface area contributed by atoms with Gasteiger partial charge in [0.25, 0.3) is 0 Å². The minimum Gasteiger partial charge on any atom is -0.370 e. The standard InChI is InChI=1S/C17H20N2O/c1-11-5-4-6-15(9-11)19-16(17(18)20)14-8-7-12(2)13(3)10-14/h4-10,16,19H,1-3H3,(H2,18,20). The highest BCUT2D eigenvalue weighted by Crippen LogP contribution is 2.22. The molecule has 3 heteroatoms. The zero-order valence-corrected chi connectivity index (χ0v) is 12.1. The van der Waals surface area contributed by atoms with E-state index in [9.17, 15) is 4.79 Å². The lowest BCUT2D eigenvalue weighted by atomic mass is 10.0. The van der Waals surface area contributed by atoms with Crippen molar-refractivity contribution in [2.24, 2.45) is 5.73 Å². The first-order valence-corrected chi connectivity index (χ1v) is 6.67. The smallest absolute Gasteiger partial charge is 0.244 e. The minimum absolute atomic E-state index is 0.380. The van der Waals surface area contributed by atoms with Gasteiger partial charge in [-0.3, -0.25) is 4.79 Å². The van der Waals surface area contributed by atoms with E-state index in [1.807, 2.05) is 63.2 Å². The molecule has 0 bridgehead atoms. The van der Waals surface area contributed by atoms with E-state index in [2.05, 4.69) is 5.32 Å². The molecule has 1 atom stereocenters. The molecule has 2 aromatic rings. The number of anilines is 1. The largest absolute Gasteiger partial charge is 0.370 e. The number of hydrogen-bond acceptors (Lipinski definition) is 2. The normalized spacial score (nSPS) is 11.9. The Morgan fingerprint density at radius 3 is 2.40 bits per heavy atom. The zero-order valence-electron chi connectivity index (χ0n) is 12.1. The molecule has 0 aliphatic rings. The monoisotopic (exact) mass is 268 g/mol. The lowest BCUT2D eigenvalue weighted by Crippen LogP contribution is -2.27. The molecule has 0 heterocycles. The molecule has 2 rings (SSSR count). The van der Waals surface area contributed by atoms with Crippen LogP contribution in [0.4, 0.5) is 5.69 Å². The minimum atomic E-state index is -0.518. The zero-order chi connectivity index (χ0) is 14.7. The molecule has 0 fully saturated rings. The van der Waals surface area contributed by atoms with Crippen molar-refractivity contribution in [3.8, 4) is 0 Å². The Morgan fingerprint density at radius 2 is 1.80 bits per heavy atom. The van der Waals surface area contributed by atoms with Crippen LogP contribution in [0.1, 0.15) is 28.3 Å². The first kappa shape index (κ1) is 14.1. The third kappa shape index (κ3) is 3.18. The molecule has 20 heavy (non-hydrogen) atoms. The maximum atomic E-state index is 11.7. The van der Waals surface area contributed by atoms with Crippen LogP contribution in [0.2, 0.25) is 0 Å². The summed E-state index contributed by atoms with van der Waals surface area (Å²) in [5, 5.41) is 3.21. The maximum absolute atomic E-state index is 11.7. The number of nitrogens with two attached hydrogens (primary N) is 1. The molecule has 0 aromatic heterocycles. The van der Waals surface area contributed by atoms with Crippen molar-refractivity contribution >= 4 is 11.6 Å². The molecule has 0 radical (unpaired) electrons. The second kappa shape index (κ2) is 5.78. The highest BCUT2D eigenvalue weighted by molar-refractivity contribution is 5.84. The molecular formula is C17H20N2O. The van der Waals surface area contributed by atoms with Gasteiger partial charge in [-0.15, -0.1) is 0 Å². The molecule has 3 N–H and O–H groups in total. The van der Waals surface area contributed by atoms with Crippen molar-refractivity contribution in [1.29, 1.82) is 0 Å². The molecule has 0 aliphatic heterocycles. The van der Waals surface area contributed by atoms with E-state index in [0.29, 0.717) is 0 Å². The van der Waals surface area contributed by atoms with Crippen LogP contribution in [0.15, 0.2) is 42.5 Å². The van der Waals surface area contributed by atoms with Gasteiger partial charge in [-0.2, -0.15) is 0 Å². The van der Waals surface area contributed by atoms with Gasteiger partial charge in [-0.1, -0.05) is 30.3 Å². The van der Waals surface area contributed by atoms with Crippen LogP contribution in [0.25, 0.3) is 0 Å². The van der Waals surface area contributed by atoms with Crippen molar-refractivity contribution in [3.63, 3.8) is 0 Å². The Kier molecular flexibility index (Phi) is 4.08. The Bertz CT molecular complexity index is 635. The van der Waals surface area contributed by atoms with E-state index in [1.165, 1.54) is 5.56 Å². The quantitative estimate of drug-likeness (QED) is 0.894. The lowest BCUT2D eigenvalue weighted by Gasteiger charge is -2.18. The molecule has 0 aliphatic carbocycles. The first-order valence-electron chi connectivity index (χ1n) is 6.67. The van der Waals surface area contributed by atoms with Crippen molar-refractivity contribution in [3.05, 3.63) is 64.7 Å². The summed E-state index contributed by atoms with van der Waals surface area (Å²) in [6.45, 7) is 6.09. The van der Waals surface area contributed by atoms with E-state index in [-0.39, 0.29) is 5.91 Å². The van der Waals surface area contributed by atoms with Gasteiger partial charge < -0.3 is 11.1 Å². The summed E-state index contributed by atoms with van der Waals surface area (Å²) in [5.74, 6) is -0.380. The number of nitrogens with one attached hydrogen (secondary N) is 1. The fourth-order valence-corrected chi connectivity index (χ4v) is 2.16.